The number of ether oxygens (including phenoxy) is 1. The molecule has 2 aromatic heterocycles. The molecule has 0 unspecified atom stereocenters. The molecule has 23 heavy (non-hydrogen) atoms. The van der Waals surface area contributed by atoms with Crippen LogP contribution in [-0.4, -0.2) is 43.7 Å². The molecule has 0 radical (unpaired) electrons. The van der Waals surface area contributed by atoms with E-state index in [1.165, 1.54) is 0 Å². The van der Waals surface area contributed by atoms with Crippen LogP contribution in [0.3, 0.4) is 0 Å². The Kier molecular flexibility index (Phi) is 3.97. The van der Waals surface area contributed by atoms with E-state index >= 15 is 0 Å². The molecule has 122 valence electrons. The number of likely N-dealkylation sites (tertiary alicyclic amines) is 1. The topological polar surface area (TPSA) is 54.7 Å². The molecule has 0 bridgehead atoms. The van der Waals surface area contributed by atoms with E-state index in [0.29, 0.717) is 12.5 Å². The summed E-state index contributed by atoms with van der Waals surface area (Å²) in [6.45, 7) is 4.92. The number of nitrogens with zero attached hydrogens (tertiary/aromatic N) is 1. The molecule has 2 aliphatic rings. The summed E-state index contributed by atoms with van der Waals surface area (Å²) in [5.74, 6) is 1.47. The first-order chi connectivity index (χ1) is 11.3. The first kappa shape index (κ1) is 14.9. The molecular weight excluding hydrogens is 312 g/mol. The van der Waals surface area contributed by atoms with Gasteiger partial charge in [0.25, 0.3) is 5.91 Å². The Hall–Kier alpha value is -1.63. The van der Waals surface area contributed by atoms with Crippen LogP contribution in [0.4, 0.5) is 0 Å². The van der Waals surface area contributed by atoms with Crippen LogP contribution in [0, 0.1) is 11.3 Å². The number of amides is 1. The summed E-state index contributed by atoms with van der Waals surface area (Å²) >= 11 is 1.54. The highest BCUT2D eigenvalue weighted by molar-refractivity contribution is 7.08. The predicted molar refractivity (Wildman–Crippen MR) is 87.4 cm³/mol. The highest BCUT2D eigenvalue weighted by Gasteiger charge is 2.50. The number of carbonyl (C=O) groups excluding carboxylic acids is 1. The van der Waals surface area contributed by atoms with Crippen LogP contribution < -0.4 is 5.32 Å². The molecule has 0 saturated carbocycles. The molecule has 0 spiro atoms. The van der Waals surface area contributed by atoms with Gasteiger partial charge in [-0.1, -0.05) is 0 Å². The monoisotopic (exact) mass is 332 g/mol. The summed E-state index contributed by atoms with van der Waals surface area (Å²) < 4.78 is 11.2. The van der Waals surface area contributed by atoms with Gasteiger partial charge in [0.1, 0.15) is 5.76 Å². The highest BCUT2D eigenvalue weighted by atomic mass is 32.1. The third kappa shape index (κ3) is 2.94. The highest BCUT2D eigenvalue weighted by Crippen LogP contribution is 2.41. The minimum atomic E-state index is 0.00996. The lowest BCUT2D eigenvalue weighted by molar-refractivity contribution is 0.0902. The maximum Gasteiger partial charge on any atom is 0.252 e. The predicted octanol–water partition coefficient (Wildman–Crippen LogP) is 2.22. The van der Waals surface area contributed by atoms with Crippen LogP contribution in [0.15, 0.2) is 39.6 Å². The van der Waals surface area contributed by atoms with Gasteiger partial charge < -0.3 is 14.5 Å². The van der Waals surface area contributed by atoms with E-state index in [4.69, 9.17) is 9.15 Å². The van der Waals surface area contributed by atoms with Gasteiger partial charge in [-0.15, -0.1) is 0 Å². The van der Waals surface area contributed by atoms with Gasteiger partial charge in [0, 0.05) is 41.9 Å². The number of fused-ring (bicyclic) bond motifs is 1. The second-order valence-corrected chi connectivity index (χ2v) is 7.30. The minimum absolute atomic E-state index is 0.00996. The summed E-state index contributed by atoms with van der Waals surface area (Å²) in [6, 6.07) is 5.79. The Morgan fingerprint density at radius 1 is 1.48 bits per heavy atom. The normalized spacial score (nSPS) is 27.2. The van der Waals surface area contributed by atoms with Crippen LogP contribution in [0.5, 0.6) is 0 Å². The van der Waals surface area contributed by atoms with Gasteiger partial charge >= 0.3 is 0 Å². The Morgan fingerprint density at radius 3 is 3.22 bits per heavy atom. The second kappa shape index (κ2) is 6.11. The zero-order valence-electron chi connectivity index (χ0n) is 12.9. The van der Waals surface area contributed by atoms with Gasteiger partial charge in [-0.2, -0.15) is 11.3 Å². The van der Waals surface area contributed by atoms with Gasteiger partial charge in [0.15, 0.2) is 0 Å². The van der Waals surface area contributed by atoms with Crippen molar-refractivity contribution in [1.29, 1.82) is 0 Å². The summed E-state index contributed by atoms with van der Waals surface area (Å²) in [5.41, 5.74) is 0.769. The molecule has 2 atom stereocenters. The van der Waals surface area contributed by atoms with Crippen LogP contribution in [-0.2, 0) is 11.3 Å². The molecule has 1 N–H and O–H groups in total. The summed E-state index contributed by atoms with van der Waals surface area (Å²) in [4.78, 5) is 14.6. The van der Waals surface area contributed by atoms with Crippen molar-refractivity contribution in [1.82, 2.24) is 10.2 Å². The smallest absolute Gasteiger partial charge is 0.252 e. The van der Waals surface area contributed by atoms with E-state index < -0.39 is 0 Å². The number of nitrogens with one attached hydrogen (secondary N) is 1. The van der Waals surface area contributed by atoms with Crippen molar-refractivity contribution >= 4 is 17.2 Å². The molecule has 2 aromatic rings. The van der Waals surface area contributed by atoms with Crippen molar-refractivity contribution in [3.63, 3.8) is 0 Å². The zero-order valence-corrected chi connectivity index (χ0v) is 13.7. The number of carbonyl (C=O) groups is 1. The van der Waals surface area contributed by atoms with Crippen molar-refractivity contribution in [2.24, 2.45) is 11.3 Å². The zero-order chi connectivity index (χ0) is 15.7. The van der Waals surface area contributed by atoms with Crippen molar-refractivity contribution in [3.05, 3.63) is 46.5 Å². The molecule has 2 aliphatic heterocycles. The van der Waals surface area contributed by atoms with Crippen molar-refractivity contribution in [2.75, 3.05) is 32.8 Å². The van der Waals surface area contributed by atoms with Gasteiger partial charge in [-0.25, -0.2) is 0 Å². The SMILES string of the molecule is O=C(NC[C@]12COC[C@H]1CN(Cc1ccco1)C2)c1ccsc1. The summed E-state index contributed by atoms with van der Waals surface area (Å²) in [5, 5.41) is 6.91. The van der Waals surface area contributed by atoms with Gasteiger partial charge in [-0.3, -0.25) is 9.69 Å². The number of hydrogen-bond donors (Lipinski definition) is 1. The summed E-state index contributed by atoms with van der Waals surface area (Å²) in [6.07, 6.45) is 1.71. The van der Waals surface area contributed by atoms with Crippen LogP contribution >= 0.6 is 11.3 Å². The fraction of sp³-hybridized carbons (Fsp3) is 0.471. The third-order valence-electron chi connectivity index (χ3n) is 4.94. The lowest BCUT2D eigenvalue weighted by Gasteiger charge is -2.27. The number of hydrogen-bond acceptors (Lipinski definition) is 5. The maximum atomic E-state index is 12.2. The van der Waals surface area contributed by atoms with Crippen LogP contribution in [0.1, 0.15) is 16.1 Å². The molecule has 5 nitrogen and oxygen atoms in total. The van der Waals surface area contributed by atoms with Crippen molar-refractivity contribution < 1.29 is 13.9 Å². The Morgan fingerprint density at radius 2 is 2.43 bits per heavy atom. The van der Waals surface area contributed by atoms with E-state index in [-0.39, 0.29) is 11.3 Å². The molecular formula is C17H20N2O3S. The molecule has 1 amide bonds. The Balaban J connectivity index is 1.40. The number of rotatable bonds is 5. The minimum Gasteiger partial charge on any atom is -0.468 e. The third-order valence-corrected chi connectivity index (χ3v) is 5.62. The summed E-state index contributed by atoms with van der Waals surface area (Å²) in [7, 11) is 0. The van der Waals surface area contributed by atoms with E-state index in [9.17, 15) is 4.79 Å². The number of thiophene rings is 1. The Bertz CT molecular complexity index is 655. The van der Waals surface area contributed by atoms with Crippen LogP contribution in [0.25, 0.3) is 0 Å². The largest absolute Gasteiger partial charge is 0.468 e. The van der Waals surface area contributed by atoms with E-state index in [2.05, 4.69) is 10.2 Å². The number of furan rings is 1. The molecule has 0 aliphatic carbocycles. The standard InChI is InChI=1S/C17H20N2O3S/c20-16(13-3-5-23-9-13)18-10-17-11-19(6-14(17)8-21-12-17)7-15-2-1-4-22-15/h1-5,9,14H,6-8,10-12H2,(H,18,20)/t14-,17+/m1/s1. The molecule has 2 fully saturated rings. The van der Waals surface area contributed by atoms with E-state index in [0.717, 1.165) is 44.2 Å². The fourth-order valence-corrected chi connectivity index (χ4v) is 4.32. The van der Waals surface area contributed by atoms with Crippen LogP contribution in [0.2, 0.25) is 0 Å². The fourth-order valence-electron chi connectivity index (χ4n) is 3.69. The first-order valence-corrected chi connectivity index (χ1v) is 8.82. The maximum absolute atomic E-state index is 12.2. The van der Waals surface area contributed by atoms with E-state index in [1.54, 1.807) is 17.6 Å². The first-order valence-electron chi connectivity index (χ1n) is 7.88. The molecule has 4 rings (SSSR count). The quantitative estimate of drug-likeness (QED) is 0.912. The molecule has 2 saturated heterocycles. The second-order valence-electron chi connectivity index (χ2n) is 6.52. The van der Waals surface area contributed by atoms with Crippen molar-refractivity contribution in [2.45, 2.75) is 6.54 Å². The molecule has 0 aromatic carbocycles. The average Bonchev–Trinajstić information content (AvgIpc) is 3.29. The average molecular weight is 332 g/mol. The Labute approximate surface area is 139 Å². The lowest BCUT2D eigenvalue weighted by Crippen LogP contribution is -2.43. The molecule has 6 heteroatoms. The van der Waals surface area contributed by atoms with Crippen molar-refractivity contribution in [3.8, 4) is 0 Å². The molecule has 4 heterocycles. The lowest BCUT2D eigenvalue weighted by atomic mass is 9.81. The van der Waals surface area contributed by atoms with Gasteiger partial charge in [0.05, 0.1) is 26.0 Å². The van der Waals surface area contributed by atoms with Gasteiger partial charge in [-0.05, 0) is 23.6 Å². The van der Waals surface area contributed by atoms with Gasteiger partial charge in [0.2, 0.25) is 0 Å². The van der Waals surface area contributed by atoms with E-state index in [1.807, 2.05) is 29.0 Å².